The van der Waals surface area contributed by atoms with Gasteiger partial charge in [-0.15, -0.1) is 0 Å². The molecule has 1 aliphatic rings. The van der Waals surface area contributed by atoms with Crippen LogP contribution in [0.3, 0.4) is 0 Å². The quantitative estimate of drug-likeness (QED) is 0.697. The minimum atomic E-state index is -0.138. The predicted octanol–water partition coefficient (Wildman–Crippen LogP) is 1.55. The zero-order valence-corrected chi connectivity index (χ0v) is 12.3. The van der Waals surface area contributed by atoms with Crippen molar-refractivity contribution < 1.29 is 14.2 Å². The molecule has 0 aromatic heterocycles. The van der Waals surface area contributed by atoms with Crippen molar-refractivity contribution in [3.05, 3.63) is 35.4 Å². The van der Waals surface area contributed by atoms with Gasteiger partial charge in [0.1, 0.15) is 0 Å². The molecule has 20 heavy (non-hydrogen) atoms. The molecule has 0 amide bonds. The number of methoxy groups -OCH3 is 1. The van der Waals surface area contributed by atoms with E-state index in [2.05, 4.69) is 24.3 Å². The largest absolute Gasteiger partial charge is 0.382 e. The van der Waals surface area contributed by atoms with E-state index in [1.54, 1.807) is 7.11 Å². The Morgan fingerprint density at radius 2 is 1.50 bits per heavy atom. The van der Waals surface area contributed by atoms with E-state index < -0.39 is 0 Å². The van der Waals surface area contributed by atoms with E-state index in [1.165, 1.54) is 11.1 Å². The molecule has 4 nitrogen and oxygen atoms in total. The molecule has 112 valence electrons. The highest BCUT2D eigenvalue weighted by Gasteiger charge is 2.32. The van der Waals surface area contributed by atoms with Gasteiger partial charge in [-0.05, 0) is 30.4 Å². The average Bonchev–Trinajstić information content (AvgIpc) is 2.78. The van der Waals surface area contributed by atoms with Crippen molar-refractivity contribution >= 4 is 0 Å². The minimum absolute atomic E-state index is 0.138. The Bertz CT molecular complexity index is 383. The minimum Gasteiger partial charge on any atom is -0.382 e. The van der Waals surface area contributed by atoms with Crippen molar-refractivity contribution in [3.8, 4) is 0 Å². The number of hydrogen-bond donors (Lipinski definition) is 1. The SMILES string of the molecule is COCCOCCOCCC1(N)Cc2ccccc2C1. The molecule has 4 heteroatoms. The highest BCUT2D eigenvalue weighted by atomic mass is 16.5. The van der Waals surface area contributed by atoms with Crippen molar-refractivity contribution in [1.82, 2.24) is 0 Å². The molecule has 0 saturated carbocycles. The van der Waals surface area contributed by atoms with Crippen molar-refractivity contribution in [2.45, 2.75) is 24.8 Å². The van der Waals surface area contributed by atoms with Crippen molar-refractivity contribution in [2.24, 2.45) is 5.73 Å². The normalized spacial score (nSPS) is 16.3. The molecule has 0 heterocycles. The third kappa shape index (κ3) is 4.56. The van der Waals surface area contributed by atoms with E-state index in [0.717, 1.165) is 19.3 Å². The van der Waals surface area contributed by atoms with Gasteiger partial charge in [0.15, 0.2) is 0 Å². The lowest BCUT2D eigenvalue weighted by Crippen LogP contribution is -2.41. The van der Waals surface area contributed by atoms with Gasteiger partial charge in [0.25, 0.3) is 0 Å². The Kier molecular flexibility index (Phi) is 5.98. The lowest BCUT2D eigenvalue weighted by Gasteiger charge is -2.23. The summed E-state index contributed by atoms with van der Waals surface area (Å²) in [5.74, 6) is 0. The van der Waals surface area contributed by atoms with Crippen LogP contribution in [0.1, 0.15) is 17.5 Å². The fraction of sp³-hybridized carbons (Fsp3) is 0.625. The third-order valence-corrected chi connectivity index (χ3v) is 3.75. The van der Waals surface area contributed by atoms with Gasteiger partial charge >= 0.3 is 0 Å². The summed E-state index contributed by atoms with van der Waals surface area (Å²) in [5, 5.41) is 0. The molecule has 2 rings (SSSR count). The topological polar surface area (TPSA) is 53.7 Å². The van der Waals surface area contributed by atoms with Gasteiger partial charge in [0, 0.05) is 19.3 Å². The maximum atomic E-state index is 6.46. The smallest absolute Gasteiger partial charge is 0.0701 e. The number of fused-ring (bicyclic) bond motifs is 1. The third-order valence-electron chi connectivity index (χ3n) is 3.75. The van der Waals surface area contributed by atoms with Crippen LogP contribution in [-0.2, 0) is 27.1 Å². The van der Waals surface area contributed by atoms with Crippen LogP contribution in [0.5, 0.6) is 0 Å². The van der Waals surface area contributed by atoms with Gasteiger partial charge < -0.3 is 19.9 Å². The van der Waals surface area contributed by atoms with E-state index in [1.807, 2.05) is 0 Å². The Morgan fingerprint density at radius 3 is 2.10 bits per heavy atom. The Balaban J connectivity index is 1.59. The Labute approximate surface area is 121 Å². The van der Waals surface area contributed by atoms with E-state index >= 15 is 0 Å². The molecular weight excluding hydrogens is 254 g/mol. The molecule has 0 aliphatic heterocycles. The van der Waals surface area contributed by atoms with Crippen molar-refractivity contribution in [3.63, 3.8) is 0 Å². The van der Waals surface area contributed by atoms with Crippen LogP contribution < -0.4 is 5.73 Å². The van der Waals surface area contributed by atoms with E-state index in [9.17, 15) is 0 Å². The highest BCUT2D eigenvalue weighted by molar-refractivity contribution is 5.35. The first-order valence-electron chi connectivity index (χ1n) is 7.24. The maximum Gasteiger partial charge on any atom is 0.0701 e. The second kappa shape index (κ2) is 7.74. The van der Waals surface area contributed by atoms with E-state index in [-0.39, 0.29) is 5.54 Å². The maximum absolute atomic E-state index is 6.46. The zero-order valence-electron chi connectivity index (χ0n) is 12.3. The molecule has 1 aliphatic carbocycles. The van der Waals surface area contributed by atoms with Crippen LogP contribution >= 0.6 is 0 Å². The average molecular weight is 279 g/mol. The zero-order chi connectivity index (χ0) is 14.3. The number of hydrogen-bond acceptors (Lipinski definition) is 4. The van der Waals surface area contributed by atoms with Crippen LogP contribution in [0.15, 0.2) is 24.3 Å². The molecule has 0 spiro atoms. The van der Waals surface area contributed by atoms with E-state index in [4.69, 9.17) is 19.9 Å². The Morgan fingerprint density at radius 1 is 0.950 bits per heavy atom. The highest BCUT2D eigenvalue weighted by Crippen LogP contribution is 2.30. The summed E-state index contributed by atoms with van der Waals surface area (Å²) in [7, 11) is 1.67. The number of benzene rings is 1. The van der Waals surface area contributed by atoms with Gasteiger partial charge in [-0.3, -0.25) is 0 Å². The summed E-state index contributed by atoms with van der Waals surface area (Å²) in [4.78, 5) is 0. The van der Waals surface area contributed by atoms with Crippen LogP contribution in [0.4, 0.5) is 0 Å². The summed E-state index contributed by atoms with van der Waals surface area (Å²) in [6, 6.07) is 8.51. The number of ether oxygens (including phenoxy) is 3. The number of rotatable bonds is 9. The molecule has 1 aromatic rings. The first kappa shape index (κ1) is 15.4. The number of nitrogens with two attached hydrogens (primary N) is 1. The monoisotopic (exact) mass is 279 g/mol. The van der Waals surface area contributed by atoms with Crippen LogP contribution in [0.25, 0.3) is 0 Å². The molecule has 2 N–H and O–H groups in total. The van der Waals surface area contributed by atoms with Gasteiger partial charge in [-0.1, -0.05) is 24.3 Å². The summed E-state index contributed by atoms with van der Waals surface area (Å²) >= 11 is 0. The standard InChI is InChI=1S/C16H25NO3/c1-18-8-9-20-11-10-19-7-6-16(17)12-14-4-2-3-5-15(14)13-16/h2-5H,6-13,17H2,1H3. The first-order chi connectivity index (χ1) is 9.73. The van der Waals surface area contributed by atoms with Gasteiger partial charge in [0.2, 0.25) is 0 Å². The molecule has 0 radical (unpaired) electrons. The summed E-state index contributed by atoms with van der Waals surface area (Å²) in [6.45, 7) is 3.17. The van der Waals surface area contributed by atoms with Gasteiger partial charge in [-0.25, -0.2) is 0 Å². The molecule has 0 fully saturated rings. The van der Waals surface area contributed by atoms with Crippen molar-refractivity contribution in [2.75, 3.05) is 40.1 Å². The van der Waals surface area contributed by atoms with Gasteiger partial charge in [0.05, 0.1) is 26.4 Å². The lowest BCUT2D eigenvalue weighted by atomic mass is 9.93. The Hall–Kier alpha value is -0.940. The summed E-state index contributed by atoms with van der Waals surface area (Å²) < 4.78 is 15.8. The molecule has 0 atom stereocenters. The summed E-state index contributed by atoms with van der Waals surface area (Å²) in [6.07, 6.45) is 2.80. The van der Waals surface area contributed by atoms with Gasteiger partial charge in [-0.2, -0.15) is 0 Å². The molecular formula is C16H25NO3. The molecule has 0 bridgehead atoms. The van der Waals surface area contributed by atoms with Crippen LogP contribution in [-0.4, -0.2) is 45.7 Å². The molecule has 0 saturated heterocycles. The molecule has 1 aromatic carbocycles. The fourth-order valence-electron chi connectivity index (χ4n) is 2.64. The van der Waals surface area contributed by atoms with Crippen LogP contribution in [0, 0.1) is 0 Å². The van der Waals surface area contributed by atoms with Crippen molar-refractivity contribution in [1.29, 1.82) is 0 Å². The fourth-order valence-corrected chi connectivity index (χ4v) is 2.64. The first-order valence-corrected chi connectivity index (χ1v) is 7.24. The summed E-state index contributed by atoms with van der Waals surface area (Å²) in [5.41, 5.74) is 9.10. The molecule has 0 unspecified atom stereocenters. The van der Waals surface area contributed by atoms with E-state index in [0.29, 0.717) is 33.0 Å². The lowest BCUT2D eigenvalue weighted by molar-refractivity contribution is 0.0210. The second-order valence-electron chi connectivity index (χ2n) is 5.45. The predicted molar refractivity (Wildman–Crippen MR) is 78.9 cm³/mol. The second-order valence-corrected chi connectivity index (χ2v) is 5.45. The van der Waals surface area contributed by atoms with Crippen LogP contribution in [0.2, 0.25) is 0 Å².